The molecule has 2 aromatic carbocycles. The number of ether oxygens (including phenoxy) is 1. The molecule has 0 aliphatic carbocycles. The van der Waals surface area contributed by atoms with Gasteiger partial charge in [0.2, 0.25) is 0 Å². The van der Waals surface area contributed by atoms with Crippen molar-refractivity contribution in [2.45, 2.75) is 13.8 Å². The topological polar surface area (TPSA) is 34.1 Å². The lowest BCUT2D eigenvalue weighted by molar-refractivity contribution is 0.341. The van der Waals surface area contributed by atoms with E-state index in [1.807, 2.05) is 32.0 Å². The van der Waals surface area contributed by atoms with E-state index in [1.165, 1.54) is 17.4 Å². The number of benzene rings is 2. The van der Waals surface area contributed by atoms with E-state index in [0.717, 1.165) is 21.5 Å². The van der Waals surface area contributed by atoms with Crippen LogP contribution in [0.15, 0.2) is 36.4 Å². The minimum absolute atomic E-state index is 0.283. The van der Waals surface area contributed by atoms with Gasteiger partial charge in [0.05, 0.1) is 22.5 Å². The van der Waals surface area contributed by atoms with Crippen LogP contribution in [0.2, 0.25) is 0 Å². The molecule has 5 heteroatoms. The van der Waals surface area contributed by atoms with Crippen LogP contribution in [0.25, 0.3) is 10.2 Å². The lowest BCUT2D eigenvalue weighted by Crippen LogP contribution is -1.93. The van der Waals surface area contributed by atoms with Gasteiger partial charge in [-0.3, -0.25) is 0 Å². The second-order valence-electron chi connectivity index (χ2n) is 4.69. The van der Waals surface area contributed by atoms with Crippen LogP contribution in [0, 0.1) is 12.7 Å². The third-order valence-corrected chi connectivity index (χ3v) is 3.97. The number of rotatable bonds is 4. The van der Waals surface area contributed by atoms with Crippen LogP contribution in [0.3, 0.4) is 0 Å². The van der Waals surface area contributed by atoms with E-state index in [1.54, 1.807) is 12.1 Å². The average Bonchev–Trinajstić information content (AvgIpc) is 2.85. The van der Waals surface area contributed by atoms with Gasteiger partial charge >= 0.3 is 0 Å². The molecule has 0 atom stereocenters. The Morgan fingerprint density at radius 2 is 2.10 bits per heavy atom. The molecule has 0 radical (unpaired) electrons. The second kappa shape index (κ2) is 5.69. The Bertz CT molecular complexity index is 785. The van der Waals surface area contributed by atoms with Crippen LogP contribution >= 0.6 is 11.3 Å². The van der Waals surface area contributed by atoms with E-state index in [2.05, 4.69) is 10.3 Å². The number of aromatic nitrogens is 1. The number of nitrogens with one attached hydrogen (secondary N) is 1. The molecule has 0 aliphatic rings. The molecule has 1 N–H and O–H groups in total. The van der Waals surface area contributed by atoms with Crippen LogP contribution in [-0.2, 0) is 0 Å². The number of thiazole rings is 1. The zero-order valence-electron chi connectivity index (χ0n) is 11.8. The van der Waals surface area contributed by atoms with Crippen LogP contribution in [-0.4, -0.2) is 11.6 Å². The maximum absolute atomic E-state index is 13.8. The SMILES string of the molecule is CCOc1ccc2nc(Nc3cc(C)ccc3F)sc2c1. The lowest BCUT2D eigenvalue weighted by atomic mass is 10.2. The Morgan fingerprint density at radius 3 is 2.90 bits per heavy atom. The molecule has 0 aliphatic heterocycles. The zero-order chi connectivity index (χ0) is 14.8. The van der Waals surface area contributed by atoms with Crippen molar-refractivity contribution in [2.75, 3.05) is 11.9 Å². The first-order valence-electron chi connectivity index (χ1n) is 6.72. The van der Waals surface area contributed by atoms with Gasteiger partial charge in [-0.25, -0.2) is 9.37 Å². The normalized spacial score (nSPS) is 10.8. The van der Waals surface area contributed by atoms with Crippen molar-refractivity contribution in [1.29, 1.82) is 0 Å². The Morgan fingerprint density at radius 1 is 1.24 bits per heavy atom. The van der Waals surface area contributed by atoms with Gasteiger partial charge in [0.1, 0.15) is 11.6 Å². The van der Waals surface area contributed by atoms with E-state index in [4.69, 9.17) is 4.74 Å². The van der Waals surface area contributed by atoms with Crippen molar-refractivity contribution in [2.24, 2.45) is 0 Å². The molecule has 3 rings (SSSR count). The van der Waals surface area contributed by atoms with Crippen molar-refractivity contribution < 1.29 is 9.13 Å². The summed E-state index contributed by atoms with van der Waals surface area (Å²) in [7, 11) is 0. The number of nitrogens with zero attached hydrogens (tertiary/aromatic N) is 1. The van der Waals surface area contributed by atoms with E-state index < -0.39 is 0 Å². The molecule has 1 heterocycles. The molecular formula is C16H15FN2OS. The van der Waals surface area contributed by atoms with Crippen molar-refractivity contribution in [3.05, 3.63) is 47.8 Å². The maximum atomic E-state index is 13.8. The molecule has 0 saturated heterocycles. The predicted octanol–water partition coefficient (Wildman–Crippen LogP) is 4.89. The standard InChI is InChI=1S/C16H15FN2OS/c1-3-20-11-5-7-13-15(9-11)21-16(18-13)19-14-8-10(2)4-6-12(14)17/h4-9H,3H2,1-2H3,(H,18,19). The summed E-state index contributed by atoms with van der Waals surface area (Å²) in [6.45, 7) is 4.51. The van der Waals surface area contributed by atoms with Gasteiger partial charge in [0.15, 0.2) is 5.13 Å². The Labute approximate surface area is 126 Å². The molecule has 0 saturated carbocycles. The van der Waals surface area contributed by atoms with Gasteiger partial charge in [0.25, 0.3) is 0 Å². The molecule has 0 bridgehead atoms. The first kappa shape index (κ1) is 13.8. The number of hydrogen-bond donors (Lipinski definition) is 1. The monoisotopic (exact) mass is 302 g/mol. The summed E-state index contributed by atoms with van der Waals surface area (Å²) in [5.74, 6) is 0.539. The van der Waals surface area contributed by atoms with Gasteiger partial charge in [-0.2, -0.15) is 0 Å². The molecule has 0 fully saturated rings. The summed E-state index contributed by atoms with van der Waals surface area (Å²) in [5, 5.41) is 3.72. The summed E-state index contributed by atoms with van der Waals surface area (Å²) in [5.41, 5.74) is 2.32. The second-order valence-corrected chi connectivity index (χ2v) is 5.72. The van der Waals surface area contributed by atoms with Crippen molar-refractivity contribution >= 4 is 32.4 Å². The van der Waals surface area contributed by atoms with Crippen molar-refractivity contribution in [3.8, 4) is 5.75 Å². The molecule has 21 heavy (non-hydrogen) atoms. The smallest absolute Gasteiger partial charge is 0.188 e. The fraction of sp³-hybridized carbons (Fsp3) is 0.188. The molecule has 3 nitrogen and oxygen atoms in total. The molecule has 0 spiro atoms. The largest absolute Gasteiger partial charge is 0.494 e. The highest BCUT2D eigenvalue weighted by Gasteiger charge is 2.08. The first-order valence-corrected chi connectivity index (χ1v) is 7.54. The van der Waals surface area contributed by atoms with Gasteiger partial charge in [-0.15, -0.1) is 0 Å². The summed E-state index contributed by atoms with van der Waals surface area (Å²) in [4.78, 5) is 4.47. The van der Waals surface area contributed by atoms with Crippen LogP contribution in [0.1, 0.15) is 12.5 Å². The van der Waals surface area contributed by atoms with E-state index in [-0.39, 0.29) is 5.82 Å². The maximum Gasteiger partial charge on any atom is 0.188 e. The zero-order valence-corrected chi connectivity index (χ0v) is 12.6. The molecule has 3 aromatic rings. The van der Waals surface area contributed by atoms with Crippen LogP contribution in [0.4, 0.5) is 15.2 Å². The minimum atomic E-state index is -0.283. The number of halogens is 1. The fourth-order valence-corrected chi connectivity index (χ4v) is 2.97. The lowest BCUT2D eigenvalue weighted by Gasteiger charge is -2.04. The summed E-state index contributed by atoms with van der Waals surface area (Å²) < 4.78 is 20.3. The van der Waals surface area contributed by atoms with Gasteiger partial charge < -0.3 is 10.1 Å². The Balaban J connectivity index is 1.92. The third-order valence-electron chi connectivity index (χ3n) is 3.03. The molecule has 108 valence electrons. The number of hydrogen-bond acceptors (Lipinski definition) is 4. The van der Waals surface area contributed by atoms with Gasteiger partial charge in [0, 0.05) is 0 Å². The van der Waals surface area contributed by atoms with E-state index in [0.29, 0.717) is 17.4 Å². The molecule has 1 aromatic heterocycles. The van der Waals surface area contributed by atoms with Crippen LogP contribution in [0.5, 0.6) is 5.75 Å². The van der Waals surface area contributed by atoms with E-state index in [9.17, 15) is 4.39 Å². The quantitative estimate of drug-likeness (QED) is 0.745. The number of anilines is 2. The number of aryl methyl sites for hydroxylation is 1. The number of fused-ring (bicyclic) bond motifs is 1. The Hall–Kier alpha value is -2.14. The Kier molecular flexibility index (Phi) is 3.75. The van der Waals surface area contributed by atoms with Crippen molar-refractivity contribution in [3.63, 3.8) is 0 Å². The minimum Gasteiger partial charge on any atom is -0.494 e. The summed E-state index contributed by atoms with van der Waals surface area (Å²) >= 11 is 1.48. The third kappa shape index (κ3) is 2.97. The highest BCUT2D eigenvalue weighted by atomic mass is 32.1. The summed E-state index contributed by atoms with van der Waals surface area (Å²) in [6, 6.07) is 10.7. The van der Waals surface area contributed by atoms with Crippen molar-refractivity contribution in [1.82, 2.24) is 4.98 Å². The first-order chi connectivity index (χ1) is 10.2. The van der Waals surface area contributed by atoms with Gasteiger partial charge in [-0.1, -0.05) is 17.4 Å². The molecule has 0 unspecified atom stereocenters. The summed E-state index contributed by atoms with van der Waals surface area (Å²) in [6.07, 6.45) is 0. The molecular weight excluding hydrogens is 287 g/mol. The highest BCUT2D eigenvalue weighted by Crippen LogP contribution is 2.31. The molecule has 0 amide bonds. The van der Waals surface area contributed by atoms with E-state index >= 15 is 0 Å². The fourth-order valence-electron chi connectivity index (χ4n) is 2.06. The van der Waals surface area contributed by atoms with Gasteiger partial charge in [-0.05, 0) is 49.7 Å². The van der Waals surface area contributed by atoms with Crippen LogP contribution < -0.4 is 10.1 Å². The predicted molar refractivity (Wildman–Crippen MR) is 85.2 cm³/mol. The average molecular weight is 302 g/mol. The highest BCUT2D eigenvalue weighted by molar-refractivity contribution is 7.22.